The van der Waals surface area contributed by atoms with Gasteiger partial charge in [-0.3, -0.25) is 9.59 Å². The van der Waals surface area contributed by atoms with Gasteiger partial charge in [-0.05, 0) is 47.5 Å². The molecule has 4 aromatic rings. The van der Waals surface area contributed by atoms with Crippen LogP contribution in [0.4, 0.5) is 5.69 Å². The summed E-state index contributed by atoms with van der Waals surface area (Å²) >= 11 is 0. The molecule has 0 bridgehead atoms. The number of nitrogens with zero attached hydrogens (tertiary/aromatic N) is 2. The number of nitrogen functional groups attached to an aromatic ring is 1. The zero-order chi connectivity index (χ0) is 29.8. The van der Waals surface area contributed by atoms with Crippen LogP contribution in [0.3, 0.4) is 0 Å². The number of aromatic nitrogens is 2. The molecule has 4 N–H and O–H groups in total. The molecule has 216 valence electrons. The van der Waals surface area contributed by atoms with Crippen LogP contribution in [0.25, 0.3) is 22.3 Å². The molecule has 42 heavy (non-hydrogen) atoms. The summed E-state index contributed by atoms with van der Waals surface area (Å²) in [6.07, 6.45) is 0.0515. The Kier molecular flexibility index (Phi) is 6.78. The molecule has 2 aromatic carbocycles. The highest BCUT2D eigenvalue weighted by Gasteiger charge is 2.50. The molecule has 0 aliphatic carbocycles. The normalized spacial score (nSPS) is 17.4. The number of esters is 2. The molecule has 1 atom stereocenters. The number of hydrogen-bond acceptors (Lipinski definition) is 8. The van der Waals surface area contributed by atoms with Gasteiger partial charge >= 0.3 is 11.9 Å². The Morgan fingerprint density at radius 2 is 1.88 bits per heavy atom. The number of carbonyl (C=O) groups excluding carboxylic acids is 2. The largest absolute Gasteiger partial charge is 0.457 e. The molecule has 0 amide bonds. The molecule has 0 spiro atoms. The number of hydrogen-bond donors (Lipinski definition) is 2. The molecule has 2 aliphatic rings. The van der Waals surface area contributed by atoms with Crippen molar-refractivity contribution in [1.82, 2.24) is 9.55 Å². The standard InChI is InChI=1S/C32H34N4O5Si/c1-4-32(41-27(37)12-13-33)24-15-26-28-22(16-36(26)30(38)23(24)17-40-31(32)39)29(21-14-20(34)10-11-25(21)35-28)42(2,3)18-19-8-6-5-7-9-19/h5-11,14-15H,4,12-13,16-18,33-34H2,1-3H3/t32-/m0/s1. The van der Waals surface area contributed by atoms with Crippen LogP contribution in [0.5, 0.6) is 0 Å². The monoisotopic (exact) mass is 582 g/mol. The molecule has 2 aliphatic heterocycles. The zero-order valence-corrected chi connectivity index (χ0v) is 25.0. The molecule has 0 fully saturated rings. The summed E-state index contributed by atoms with van der Waals surface area (Å²) in [7, 11) is -2.20. The predicted octanol–water partition coefficient (Wildman–Crippen LogP) is 3.26. The van der Waals surface area contributed by atoms with E-state index < -0.39 is 25.6 Å². The van der Waals surface area contributed by atoms with Crippen LogP contribution in [0.2, 0.25) is 13.1 Å². The van der Waals surface area contributed by atoms with Gasteiger partial charge in [0.1, 0.15) is 6.61 Å². The van der Waals surface area contributed by atoms with E-state index in [2.05, 4.69) is 37.4 Å². The quantitative estimate of drug-likeness (QED) is 0.169. The van der Waals surface area contributed by atoms with Crippen molar-refractivity contribution in [2.24, 2.45) is 5.73 Å². The van der Waals surface area contributed by atoms with Gasteiger partial charge in [-0.2, -0.15) is 0 Å². The second-order valence-corrected chi connectivity index (χ2v) is 16.3. The smallest absolute Gasteiger partial charge is 0.355 e. The van der Waals surface area contributed by atoms with Crippen molar-refractivity contribution < 1.29 is 19.1 Å². The molecule has 4 heterocycles. The van der Waals surface area contributed by atoms with Crippen LogP contribution < -0.4 is 22.2 Å². The van der Waals surface area contributed by atoms with E-state index in [-0.39, 0.29) is 31.6 Å². The van der Waals surface area contributed by atoms with Crippen LogP contribution in [-0.2, 0) is 43.9 Å². The van der Waals surface area contributed by atoms with Crippen LogP contribution >= 0.6 is 0 Å². The Morgan fingerprint density at radius 3 is 2.60 bits per heavy atom. The summed E-state index contributed by atoms with van der Waals surface area (Å²) in [5.41, 5.74) is 15.5. The summed E-state index contributed by atoms with van der Waals surface area (Å²) in [6.45, 7) is 6.63. The van der Waals surface area contributed by atoms with Gasteiger partial charge in [-0.15, -0.1) is 0 Å². The predicted molar refractivity (Wildman–Crippen MR) is 164 cm³/mol. The summed E-state index contributed by atoms with van der Waals surface area (Å²) in [6, 6.07) is 18.8. The van der Waals surface area contributed by atoms with E-state index in [4.69, 9.17) is 25.9 Å². The molecule has 0 unspecified atom stereocenters. The molecule has 0 saturated heterocycles. The third-order valence-electron chi connectivity index (χ3n) is 8.48. The summed E-state index contributed by atoms with van der Waals surface area (Å²) in [5, 5.41) is 2.22. The average Bonchev–Trinajstić information content (AvgIpc) is 3.32. The first kappa shape index (κ1) is 27.9. The number of fused-ring (bicyclic) bond motifs is 5. The summed E-state index contributed by atoms with van der Waals surface area (Å²) in [5.74, 6) is -1.31. The maximum Gasteiger partial charge on any atom is 0.355 e. The van der Waals surface area contributed by atoms with Crippen molar-refractivity contribution >= 4 is 41.8 Å². The Hall–Kier alpha value is -4.28. The lowest BCUT2D eigenvalue weighted by atomic mass is 9.85. The van der Waals surface area contributed by atoms with E-state index in [0.717, 1.165) is 22.5 Å². The Labute approximate surface area is 244 Å². The number of nitrogens with two attached hydrogens (primary N) is 2. The van der Waals surface area contributed by atoms with E-state index >= 15 is 0 Å². The van der Waals surface area contributed by atoms with Gasteiger partial charge < -0.3 is 25.5 Å². The van der Waals surface area contributed by atoms with Crippen molar-refractivity contribution in [3.8, 4) is 11.4 Å². The van der Waals surface area contributed by atoms with Gasteiger partial charge in [0, 0.05) is 23.2 Å². The second kappa shape index (κ2) is 10.2. The van der Waals surface area contributed by atoms with Crippen LogP contribution in [0.15, 0.2) is 59.4 Å². The highest BCUT2D eigenvalue weighted by atomic mass is 28.3. The van der Waals surface area contributed by atoms with E-state index in [9.17, 15) is 14.4 Å². The average molecular weight is 583 g/mol. The van der Waals surface area contributed by atoms with Gasteiger partial charge in [0.15, 0.2) is 0 Å². The number of cyclic esters (lactones) is 1. The van der Waals surface area contributed by atoms with Gasteiger partial charge in [-0.25, -0.2) is 9.78 Å². The molecule has 9 nitrogen and oxygen atoms in total. The molecule has 0 radical (unpaired) electrons. The molecule has 2 aromatic heterocycles. The first-order chi connectivity index (χ1) is 20.1. The summed E-state index contributed by atoms with van der Waals surface area (Å²) in [4.78, 5) is 45.0. The molecular formula is C32H34N4O5Si. The SMILES string of the molecule is CC[C@@]1(OC(=O)CCN)C(=O)OCc2c1cc1n(c2=O)Cc2c-1nc1ccc(N)cc1c2[Si](C)(C)Cc1ccccc1. The minimum Gasteiger partial charge on any atom is -0.457 e. The van der Waals surface area contributed by atoms with E-state index in [1.54, 1.807) is 17.6 Å². The molecule has 6 rings (SSSR count). The molecule has 10 heteroatoms. The van der Waals surface area contributed by atoms with Gasteiger partial charge in [0.25, 0.3) is 5.56 Å². The third kappa shape index (κ3) is 4.33. The van der Waals surface area contributed by atoms with Crippen molar-refractivity contribution in [1.29, 1.82) is 0 Å². The maximum atomic E-state index is 14.1. The van der Waals surface area contributed by atoms with Crippen molar-refractivity contribution in [2.45, 2.75) is 57.7 Å². The fourth-order valence-electron chi connectivity index (χ4n) is 6.59. The number of benzene rings is 2. The van der Waals surface area contributed by atoms with Crippen molar-refractivity contribution in [2.75, 3.05) is 12.3 Å². The lowest BCUT2D eigenvalue weighted by Gasteiger charge is -2.35. The minimum atomic E-state index is -2.20. The fourth-order valence-corrected chi connectivity index (χ4v) is 9.96. The maximum absolute atomic E-state index is 14.1. The Morgan fingerprint density at radius 1 is 1.12 bits per heavy atom. The fraction of sp³-hybridized carbons (Fsp3) is 0.312. The lowest BCUT2D eigenvalue weighted by molar-refractivity contribution is -0.189. The van der Waals surface area contributed by atoms with E-state index in [1.165, 1.54) is 10.8 Å². The highest BCUT2D eigenvalue weighted by Crippen LogP contribution is 2.41. The number of anilines is 1. The van der Waals surface area contributed by atoms with Crippen LogP contribution in [0.1, 0.15) is 42.0 Å². The van der Waals surface area contributed by atoms with Crippen LogP contribution in [0, 0.1) is 0 Å². The topological polar surface area (TPSA) is 140 Å². The van der Waals surface area contributed by atoms with Gasteiger partial charge in [0.05, 0.1) is 43.5 Å². The minimum absolute atomic E-state index is 0.0573. The zero-order valence-electron chi connectivity index (χ0n) is 24.0. The van der Waals surface area contributed by atoms with Crippen molar-refractivity contribution in [3.05, 3.63) is 87.2 Å². The Balaban J connectivity index is 1.59. The first-order valence-electron chi connectivity index (χ1n) is 14.2. The molecular weight excluding hydrogens is 548 g/mol. The number of ether oxygens (including phenoxy) is 2. The van der Waals surface area contributed by atoms with E-state index in [1.807, 2.05) is 24.3 Å². The van der Waals surface area contributed by atoms with Crippen molar-refractivity contribution in [3.63, 3.8) is 0 Å². The summed E-state index contributed by atoms with van der Waals surface area (Å²) < 4.78 is 12.9. The van der Waals surface area contributed by atoms with Gasteiger partial charge in [0.2, 0.25) is 5.60 Å². The Bertz CT molecular complexity index is 1820. The highest BCUT2D eigenvalue weighted by molar-refractivity contribution is 6.91. The number of carbonyl (C=O) groups is 2. The number of rotatable bonds is 7. The first-order valence-corrected chi connectivity index (χ1v) is 17.4. The molecule has 0 saturated carbocycles. The van der Waals surface area contributed by atoms with E-state index in [0.29, 0.717) is 34.7 Å². The second-order valence-electron chi connectivity index (χ2n) is 11.7. The lowest BCUT2D eigenvalue weighted by Crippen LogP contribution is -2.48. The number of pyridine rings is 2. The third-order valence-corrected chi connectivity index (χ3v) is 11.7. The van der Waals surface area contributed by atoms with Gasteiger partial charge in [-0.1, -0.05) is 55.9 Å². The van der Waals surface area contributed by atoms with Crippen LogP contribution in [-0.4, -0.2) is 36.1 Å².